The van der Waals surface area contributed by atoms with Gasteiger partial charge in [0.2, 0.25) is 0 Å². The number of aryl methyl sites for hydroxylation is 1. The van der Waals surface area contributed by atoms with Gasteiger partial charge in [-0.2, -0.15) is 0 Å². The molecule has 0 atom stereocenters. The molecule has 4 heteroatoms. The van der Waals surface area contributed by atoms with Crippen LogP contribution >= 0.6 is 15.9 Å². The lowest BCUT2D eigenvalue weighted by molar-refractivity contribution is 0.408. The second kappa shape index (κ2) is 5.27. The van der Waals surface area contributed by atoms with Crippen molar-refractivity contribution in [3.05, 3.63) is 51.8 Å². The summed E-state index contributed by atoms with van der Waals surface area (Å²) in [5.41, 5.74) is 3.44. The molecule has 0 bridgehead atoms. The molecule has 1 heterocycles. The van der Waals surface area contributed by atoms with Crippen LogP contribution in [-0.4, -0.2) is 5.16 Å². The smallest absolute Gasteiger partial charge is 0.124 e. The van der Waals surface area contributed by atoms with Crippen molar-refractivity contribution in [1.29, 1.82) is 0 Å². The second-order valence-electron chi connectivity index (χ2n) is 3.68. The van der Waals surface area contributed by atoms with Crippen LogP contribution in [0.3, 0.4) is 0 Å². The summed E-state index contributed by atoms with van der Waals surface area (Å²) in [6.07, 6.45) is 1.58. The first-order valence-electron chi connectivity index (χ1n) is 5.11. The Labute approximate surface area is 103 Å². The minimum absolute atomic E-state index is 0.728. The zero-order valence-electron chi connectivity index (χ0n) is 9.03. The van der Waals surface area contributed by atoms with Crippen LogP contribution in [0, 0.1) is 6.92 Å². The van der Waals surface area contributed by atoms with Crippen molar-refractivity contribution in [2.24, 2.45) is 0 Å². The predicted octanol–water partition coefficient (Wildman–Crippen LogP) is 3.04. The Morgan fingerprint density at radius 3 is 2.88 bits per heavy atom. The number of nitrogens with zero attached hydrogens (tertiary/aromatic N) is 1. The number of halogens is 1. The van der Waals surface area contributed by atoms with E-state index in [1.54, 1.807) is 6.26 Å². The van der Waals surface area contributed by atoms with E-state index < -0.39 is 0 Å². The molecule has 0 spiro atoms. The van der Waals surface area contributed by atoms with Crippen molar-refractivity contribution in [3.8, 4) is 0 Å². The molecule has 0 unspecified atom stereocenters. The number of aromatic nitrogens is 1. The third-order valence-corrected chi connectivity index (χ3v) is 3.24. The largest absolute Gasteiger partial charge is 0.364 e. The molecule has 0 fully saturated rings. The van der Waals surface area contributed by atoms with Gasteiger partial charge in [-0.15, -0.1) is 0 Å². The molecule has 0 saturated carbocycles. The highest BCUT2D eigenvalue weighted by molar-refractivity contribution is 9.10. The Morgan fingerprint density at radius 2 is 2.19 bits per heavy atom. The van der Waals surface area contributed by atoms with Crippen LogP contribution in [0.15, 0.2) is 39.5 Å². The molecule has 84 valence electrons. The second-order valence-corrected chi connectivity index (χ2v) is 4.53. The third-order valence-electron chi connectivity index (χ3n) is 2.35. The van der Waals surface area contributed by atoms with Crippen LogP contribution in [0.25, 0.3) is 0 Å². The molecule has 3 nitrogen and oxygen atoms in total. The Hall–Kier alpha value is -1.13. The molecule has 0 saturated heterocycles. The molecule has 0 aliphatic heterocycles. The van der Waals surface area contributed by atoms with Gasteiger partial charge >= 0.3 is 0 Å². The first kappa shape index (κ1) is 11.4. The number of hydrogen-bond donors (Lipinski definition) is 1. The highest BCUT2D eigenvalue weighted by Crippen LogP contribution is 2.16. The predicted molar refractivity (Wildman–Crippen MR) is 65.9 cm³/mol. The Balaban J connectivity index is 1.87. The van der Waals surface area contributed by atoms with E-state index in [0.717, 1.165) is 23.3 Å². The fourth-order valence-electron chi connectivity index (χ4n) is 1.48. The van der Waals surface area contributed by atoms with Gasteiger partial charge in [0.1, 0.15) is 6.26 Å². The maximum atomic E-state index is 4.76. The van der Waals surface area contributed by atoms with Gasteiger partial charge in [0, 0.05) is 23.6 Å². The molecule has 16 heavy (non-hydrogen) atoms. The van der Waals surface area contributed by atoms with E-state index in [2.05, 4.69) is 51.5 Å². The third kappa shape index (κ3) is 2.93. The van der Waals surface area contributed by atoms with E-state index in [1.165, 1.54) is 11.1 Å². The molecule has 0 aliphatic rings. The average Bonchev–Trinajstić information content (AvgIpc) is 2.76. The Morgan fingerprint density at radius 1 is 1.31 bits per heavy atom. The van der Waals surface area contributed by atoms with Gasteiger partial charge in [-0.25, -0.2) is 0 Å². The number of rotatable bonds is 4. The Kier molecular flexibility index (Phi) is 3.74. The topological polar surface area (TPSA) is 38.1 Å². The molecular formula is C12H13BrN2O. The first-order valence-corrected chi connectivity index (χ1v) is 5.90. The summed E-state index contributed by atoms with van der Waals surface area (Å²) in [6.45, 7) is 3.65. The molecule has 2 aromatic rings. The van der Waals surface area contributed by atoms with Crippen LogP contribution in [0.4, 0.5) is 0 Å². The number of hydrogen-bond acceptors (Lipinski definition) is 3. The standard InChI is InChI=1S/C12H13BrN2O/c1-9-6-10(2-3-12(9)13)7-14-8-11-4-5-16-15-11/h2-6,14H,7-8H2,1H3. The van der Waals surface area contributed by atoms with E-state index in [0.29, 0.717) is 0 Å². The van der Waals surface area contributed by atoms with Gasteiger partial charge in [-0.05, 0) is 24.1 Å². The van der Waals surface area contributed by atoms with E-state index in [9.17, 15) is 0 Å². The first-order chi connectivity index (χ1) is 7.75. The van der Waals surface area contributed by atoms with Gasteiger partial charge in [-0.1, -0.05) is 33.2 Å². The lowest BCUT2D eigenvalue weighted by Crippen LogP contribution is -2.12. The molecule has 0 amide bonds. The fraction of sp³-hybridized carbons (Fsp3) is 0.250. The van der Waals surface area contributed by atoms with E-state index in [-0.39, 0.29) is 0 Å². The molecule has 1 aromatic heterocycles. The van der Waals surface area contributed by atoms with Crippen molar-refractivity contribution in [2.45, 2.75) is 20.0 Å². The lowest BCUT2D eigenvalue weighted by atomic mass is 10.1. The summed E-state index contributed by atoms with van der Waals surface area (Å²) in [7, 11) is 0. The van der Waals surface area contributed by atoms with Crippen molar-refractivity contribution >= 4 is 15.9 Å². The van der Waals surface area contributed by atoms with E-state index in [4.69, 9.17) is 4.52 Å². The van der Waals surface area contributed by atoms with Crippen LogP contribution in [0.5, 0.6) is 0 Å². The molecule has 0 radical (unpaired) electrons. The summed E-state index contributed by atoms with van der Waals surface area (Å²) in [6, 6.07) is 8.20. The van der Waals surface area contributed by atoms with Crippen LogP contribution in [0.2, 0.25) is 0 Å². The SMILES string of the molecule is Cc1cc(CNCc2ccon2)ccc1Br. The van der Waals surface area contributed by atoms with Gasteiger partial charge in [0.05, 0.1) is 5.69 Å². The fourth-order valence-corrected chi connectivity index (χ4v) is 1.73. The minimum Gasteiger partial charge on any atom is -0.364 e. The maximum Gasteiger partial charge on any atom is 0.124 e. The van der Waals surface area contributed by atoms with Crippen LogP contribution in [-0.2, 0) is 13.1 Å². The van der Waals surface area contributed by atoms with Crippen LogP contribution in [0.1, 0.15) is 16.8 Å². The molecule has 1 N–H and O–H groups in total. The normalized spacial score (nSPS) is 10.6. The van der Waals surface area contributed by atoms with Gasteiger partial charge in [0.15, 0.2) is 0 Å². The van der Waals surface area contributed by atoms with Crippen molar-refractivity contribution in [1.82, 2.24) is 10.5 Å². The van der Waals surface area contributed by atoms with Crippen molar-refractivity contribution < 1.29 is 4.52 Å². The monoisotopic (exact) mass is 280 g/mol. The minimum atomic E-state index is 0.728. The quantitative estimate of drug-likeness (QED) is 0.936. The summed E-state index contributed by atoms with van der Waals surface area (Å²) in [5, 5.41) is 7.15. The van der Waals surface area contributed by atoms with Crippen LogP contribution < -0.4 is 5.32 Å². The summed E-state index contributed by atoms with van der Waals surface area (Å²) in [5.74, 6) is 0. The highest BCUT2D eigenvalue weighted by Gasteiger charge is 1.99. The van der Waals surface area contributed by atoms with Gasteiger partial charge in [-0.3, -0.25) is 0 Å². The van der Waals surface area contributed by atoms with Gasteiger partial charge in [0.25, 0.3) is 0 Å². The molecular weight excluding hydrogens is 268 g/mol. The highest BCUT2D eigenvalue weighted by atomic mass is 79.9. The summed E-state index contributed by atoms with van der Waals surface area (Å²) in [4.78, 5) is 0. The van der Waals surface area contributed by atoms with E-state index in [1.807, 2.05) is 6.07 Å². The Bertz CT molecular complexity index is 454. The molecule has 1 aromatic carbocycles. The zero-order chi connectivity index (χ0) is 11.4. The van der Waals surface area contributed by atoms with E-state index >= 15 is 0 Å². The molecule has 2 rings (SSSR count). The van der Waals surface area contributed by atoms with Crippen molar-refractivity contribution in [2.75, 3.05) is 0 Å². The summed E-state index contributed by atoms with van der Waals surface area (Å²) < 4.78 is 5.90. The maximum absolute atomic E-state index is 4.76. The number of nitrogens with one attached hydrogen (secondary N) is 1. The number of benzene rings is 1. The van der Waals surface area contributed by atoms with Crippen molar-refractivity contribution in [3.63, 3.8) is 0 Å². The van der Waals surface area contributed by atoms with Gasteiger partial charge < -0.3 is 9.84 Å². The zero-order valence-corrected chi connectivity index (χ0v) is 10.6. The molecule has 0 aliphatic carbocycles. The lowest BCUT2D eigenvalue weighted by Gasteiger charge is -2.05. The average molecular weight is 281 g/mol. The summed E-state index contributed by atoms with van der Waals surface area (Å²) >= 11 is 3.49.